The highest BCUT2D eigenvalue weighted by atomic mass is 32.2. The van der Waals surface area contributed by atoms with Gasteiger partial charge < -0.3 is 9.30 Å². The summed E-state index contributed by atoms with van der Waals surface area (Å²) in [5.74, 6) is -1.22. The number of ether oxygens (including phenoxy) is 1. The second-order valence-corrected chi connectivity index (χ2v) is 11.2. The van der Waals surface area contributed by atoms with Gasteiger partial charge in [-0.1, -0.05) is 24.3 Å². The number of aromatic nitrogens is 1. The molecule has 7 nitrogen and oxygen atoms in total. The van der Waals surface area contributed by atoms with E-state index in [1.54, 1.807) is 48.7 Å². The van der Waals surface area contributed by atoms with E-state index in [1.165, 1.54) is 17.4 Å². The number of rotatable bonds is 7. The number of hydrogen-bond donors (Lipinski definition) is 0. The van der Waals surface area contributed by atoms with Gasteiger partial charge in [-0.15, -0.1) is 11.3 Å². The number of ketones is 2. The van der Waals surface area contributed by atoms with Crippen molar-refractivity contribution in [2.75, 3.05) is 18.1 Å². The summed E-state index contributed by atoms with van der Waals surface area (Å²) in [5.41, 5.74) is 2.16. The number of carbonyl (C=O) groups excluding carboxylic acids is 3. The van der Waals surface area contributed by atoms with Crippen LogP contribution in [0.4, 0.5) is 0 Å². The van der Waals surface area contributed by atoms with Gasteiger partial charge in [0.15, 0.2) is 16.4 Å². The van der Waals surface area contributed by atoms with Gasteiger partial charge in [-0.25, -0.2) is 13.2 Å². The first-order valence-electron chi connectivity index (χ1n) is 10.4. The Morgan fingerprint density at radius 1 is 1.06 bits per heavy atom. The van der Waals surface area contributed by atoms with Crippen molar-refractivity contribution in [3.05, 3.63) is 80.8 Å². The standard InChI is InChI=1S/C24H23NO6S2/c1-15-12-20(16(2)25(15)17-9-11-33(29,30)14-17)21(26)13-31-24(28)19-7-4-3-6-18(19)23(27)22-8-5-10-32-22/h3-8,10,12,17H,9,11,13-14H2,1-2H3/t17-/m1/s1. The molecule has 0 N–H and O–H groups in total. The minimum Gasteiger partial charge on any atom is -0.454 e. The van der Waals surface area contributed by atoms with Crippen molar-refractivity contribution < 1.29 is 27.5 Å². The third kappa shape index (κ3) is 4.69. The van der Waals surface area contributed by atoms with Crippen molar-refractivity contribution in [3.8, 4) is 0 Å². The number of esters is 1. The van der Waals surface area contributed by atoms with Gasteiger partial charge in [0.05, 0.1) is 21.9 Å². The average molecular weight is 486 g/mol. The highest BCUT2D eigenvalue weighted by molar-refractivity contribution is 7.91. The van der Waals surface area contributed by atoms with Crippen LogP contribution < -0.4 is 0 Å². The topological polar surface area (TPSA) is 99.5 Å². The zero-order valence-corrected chi connectivity index (χ0v) is 19.9. The van der Waals surface area contributed by atoms with Gasteiger partial charge in [-0.3, -0.25) is 9.59 Å². The molecule has 0 amide bonds. The largest absolute Gasteiger partial charge is 0.454 e. The number of nitrogens with zero attached hydrogens (tertiary/aromatic N) is 1. The van der Waals surface area contributed by atoms with E-state index in [0.29, 0.717) is 22.6 Å². The summed E-state index contributed by atoms with van der Waals surface area (Å²) in [4.78, 5) is 38.8. The Kier molecular flexibility index (Phi) is 6.36. The molecule has 1 fully saturated rings. The molecule has 1 saturated heterocycles. The Hall–Kier alpha value is -3.04. The van der Waals surface area contributed by atoms with Crippen LogP contribution in [0.5, 0.6) is 0 Å². The Morgan fingerprint density at radius 2 is 1.79 bits per heavy atom. The van der Waals surface area contributed by atoms with Crippen LogP contribution in [0.2, 0.25) is 0 Å². The predicted octanol–water partition coefficient (Wildman–Crippen LogP) is 3.80. The quantitative estimate of drug-likeness (QED) is 0.373. The minimum absolute atomic E-state index is 0.0566. The molecular formula is C24H23NO6S2. The molecule has 0 aliphatic carbocycles. The zero-order valence-electron chi connectivity index (χ0n) is 18.2. The van der Waals surface area contributed by atoms with Gasteiger partial charge in [0.1, 0.15) is 0 Å². The summed E-state index contributed by atoms with van der Waals surface area (Å²) in [7, 11) is -3.07. The maximum Gasteiger partial charge on any atom is 0.339 e. The van der Waals surface area contributed by atoms with Crippen molar-refractivity contribution in [3.63, 3.8) is 0 Å². The second-order valence-electron chi connectivity index (χ2n) is 8.06. The lowest BCUT2D eigenvalue weighted by atomic mass is 10.0. The summed E-state index contributed by atoms with van der Waals surface area (Å²) in [6, 6.07) is 11.3. The molecule has 4 rings (SSSR count). The van der Waals surface area contributed by atoms with Gasteiger partial charge in [0.25, 0.3) is 0 Å². The lowest BCUT2D eigenvalue weighted by molar-refractivity contribution is 0.0472. The summed E-state index contributed by atoms with van der Waals surface area (Å²) < 4.78 is 30.9. The maximum atomic E-state index is 12.8. The molecule has 1 aromatic carbocycles. The third-order valence-electron chi connectivity index (χ3n) is 5.83. The first-order valence-corrected chi connectivity index (χ1v) is 13.1. The molecule has 0 unspecified atom stereocenters. The highest BCUT2D eigenvalue weighted by Crippen LogP contribution is 2.29. The Labute approximate surface area is 195 Å². The van der Waals surface area contributed by atoms with Gasteiger partial charge in [-0.2, -0.15) is 0 Å². The van der Waals surface area contributed by atoms with Gasteiger partial charge in [0.2, 0.25) is 11.6 Å². The van der Waals surface area contributed by atoms with Crippen molar-refractivity contribution in [1.29, 1.82) is 0 Å². The Morgan fingerprint density at radius 3 is 2.42 bits per heavy atom. The molecule has 2 aromatic heterocycles. The minimum atomic E-state index is -3.07. The molecule has 0 radical (unpaired) electrons. The number of hydrogen-bond acceptors (Lipinski definition) is 7. The third-order valence-corrected chi connectivity index (χ3v) is 8.45. The molecule has 0 spiro atoms. The molecular weight excluding hydrogens is 462 g/mol. The van der Waals surface area contributed by atoms with Crippen molar-refractivity contribution in [1.82, 2.24) is 4.57 Å². The maximum absolute atomic E-state index is 12.8. The number of aryl methyl sites for hydroxylation is 1. The predicted molar refractivity (Wildman–Crippen MR) is 125 cm³/mol. The fourth-order valence-electron chi connectivity index (χ4n) is 4.29. The van der Waals surface area contributed by atoms with Crippen molar-refractivity contribution >= 4 is 38.7 Å². The molecule has 33 heavy (non-hydrogen) atoms. The Balaban J connectivity index is 1.49. The molecule has 9 heteroatoms. The lowest BCUT2D eigenvalue weighted by Gasteiger charge is -2.16. The molecule has 172 valence electrons. The SMILES string of the molecule is Cc1cc(C(=O)COC(=O)c2ccccc2C(=O)c2cccs2)c(C)n1[C@@H]1CCS(=O)(=O)C1. The lowest BCUT2D eigenvalue weighted by Crippen LogP contribution is -2.18. The van der Waals surface area contributed by atoms with E-state index >= 15 is 0 Å². The van der Waals surface area contributed by atoms with Crippen LogP contribution in [0.3, 0.4) is 0 Å². The average Bonchev–Trinajstić information content (AvgIpc) is 3.51. The smallest absolute Gasteiger partial charge is 0.339 e. The first kappa shape index (κ1) is 23.1. The first-order chi connectivity index (χ1) is 15.7. The molecule has 1 aliphatic heterocycles. The monoisotopic (exact) mass is 485 g/mol. The summed E-state index contributed by atoms with van der Waals surface area (Å²) in [5, 5.41) is 1.78. The van der Waals surface area contributed by atoms with Crippen molar-refractivity contribution in [2.45, 2.75) is 26.3 Å². The zero-order chi connectivity index (χ0) is 23.8. The van der Waals surface area contributed by atoms with Crippen LogP contribution in [0, 0.1) is 13.8 Å². The molecule has 3 heterocycles. The van der Waals surface area contributed by atoms with Crippen molar-refractivity contribution in [2.24, 2.45) is 0 Å². The van der Waals surface area contributed by atoms with E-state index in [-0.39, 0.29) is 40.2 Å². The van der Waals surface area contributed by atoms with Crippen LogP contribution in [0.25, 0.3) is 0 Å². The van der Waals surface area contributed by atoms with E-state index in [2.05, 4.69) is 0 Å². The molecule has 1 aliphatic rings. The van der Waals surface area contributed by atoms with E-state index in [0.717, 1.165) is 5.69 Å². The summed E-state index contributed by atoms with van der Waals surface area (Å²) >= 11 is 1.28. The van der Waals surface area contributed by atoms with Gasteiger partial charge in [0, 0.05) is 28.6 Å². The summed E-state index contributed by atoms with van der Waals surface area (Å²) in [6.45, 7) is 3.11. The van der Waals surface area contributed by atoms with Crippen LogP contribution in [-0.2, 0) is 14.6 Å². The fourth-order valence-corrected chi connectivity index (χ4v) is 6.66. The number of carbonyl (C=O) groups is 3. The summed E-state index contributed by atoms with van der Waals surface area (Å²) in [6.07, 6.45) is 0.510. The molecule has 0 saturated carbocycles. The Bertz CT molecular complexity index is 1340. The van der Waals surface area contributed by atoms with E-state index in [9.17, 15) is 22.8 Å². The highest BCUT2D eigenvalue weighted by Gasteiger charge is 2.32. The van der Waals surface area contributed by atoms with Crippen LogP contribution in [0.1, 0.15) is 59.8 Å². The molecule has 3 aromatic rings. The molecule has 1 atom stereocenters. The van der Waals surface area contributed by atoms with E-state index in [1.807, 2.05) is 11.5 Å². The molecule has 0 bridgehead atoms. The number of Topliss-reactive ketones (excluding diaryl/α,β-unsaturated/α-hetero) is 1. The number of sulfone groups is 1. The van der Waals surface area contributed by atoms with Crippen LogP contribution in [-0.4, -0.2) is 48.6 Å². The van der Waals surface area contributed by atoms with Crippen LogP contribution in [0.15, 0.2) is 47.8 Å². The van der Waals surface area contributed by atoms with E-state index in [4.69, 9.17) is 4.74 Å². The van der Waals surface area contributed by atoms with Gasteiger partial charge >= 0.3 is 5.97 Å². The second kappa shape index (κ2) is 9.07. The van der Waals surface area contributed by atoms with Crippen LogP contribution >= 0.6 is 11.3 Å². The number of thiophene rings is 1. The normalized spacial score (nSPS) is 17.1. The van der Waals surface area contributed by atoms with Gasteiger partial charge in [-0.05, 0) is 43.8 Å². The fraction of sp³-hybridized carbons (Fsp3) is 0.292. The number of benzene rings is 1. The van der Waals surface area contributed by atoms with E-state index < -0.39 is 22.4 Å².